The number of anilines is 1. The van der Waals surface area contributed by atoms with E-state index in [-0.39, 0.29) is 23.0 Å². The maximum Gasteiger partial charge on any atom is 0.193 e. The standard InChI is InChI=1S/C25H22FN7O/c1-3-16-7-4-9-18(15(16)2)24-29-22(21(26)23(27)30-24)19-14-33(32-31-19)13-17-8-5-10-20(28-17)25(34)11-6-12-25/h1,4-5,7-10,14,34H,6,11-13H2,2H3,(H2,27,29,30). The maximum absolute atomic E-state index is 14.9. The van der Waals surface area contributed by atoms with Crippen LogP contribution in [0.15, 0.2) is 42.6 Å². The molecule has 170 valence electrons. The molecule has 0 radical (unpaired) electrons. The first-order valence-corrected chi connectivity index (χ1v) is 10.9. The van der Waals surface area contributed by atoms with Gasteiger partial charge in [-0.15, -0.1) is 11.5 Å². The summed E-state index contributed by atoms with van der Waals surface area (Å²) in [4.78, 5) is 13.1. The molecule has 3 aromatic heterocycles. The first kappa shape index (κ1) is 21.7. The summed E-state index contributed by atoms with van der Waals surface area (Å²) in [6, 6.07) is 10.9. The number of nitrogens with zero attached hydrogens (tertiary/aromatic N) is 6. The second-order valence-electron chi connectivity index (χ2n) is 8.42. The number of rotatable bonds is 5. The summed E-state index contributed by atoms with van der Waals surface area (Å²) in [7, 11) is 0. The fraction of sp³-hybridized carbons (Fsp3) is 0.240. The van der Waals surface area contributed by atoms with Crippen molar-refractivity contribution < 1.29 is 9.50 Å². The molecular weight excluding hydrogens is 433 g/mol. The van der Waals surface area contributed by atoms with Crippen LogP contribution in [0.5, 0.6) is 0 Å². The van der Waals surface area contributed by atoms with Gasteiger partial charge in [-0.3, -0.25) is 4.98 Å². The summed E-state index contributed by atoms with van der Waals surface area (Å²) in [6.07, 6.45) is 9.54. The largest absolute Gasteiger partial charge is 0.384 e. The number of hydrogen-bond donors (Lipinski definition) is 2. The minimum Gasteiger partial charge on any atom is -0.384 e. The highest BCUT2D eigenvalue weighted by atomic mass is 19.1. The normalized spacial score (nSPS) is 14.4. The summed E-state index contributed by atoms with van der Waals surface area (Å²) < 4.78 is 16.4. The van der Waals surface area contributed by atoms with Gasteiger partial charge in [-0.25, -0.2) is 19.0 Å². The van der Waals surface area contributed by atoms with Gasteiger partial charge in [0.05, 0.1) is 24.1 Å². The van der Waals surface area contributed by atoms with Crippen molar-refractivity contribution in [2.75, 3.05) is 5.73 Å². The molecule has 1 aliphatic rings. The van der Waals surface area contributed by atoms with Crippen LogP contribution >= 0.6 is 0 Å². The van der Waals surface area contributed by atoms with Gasteiger partial charge in [0, 0.05) is 11.1 Å². The van der Waals surface area contributed by atoms with Gasteiger partial charge in [0.25, 0.3) is 0 Å². The molecule has 0 bridgehead atoms. The zero-order valence-corrected chi connectivity index (χ0v) is 18.5. The zero-order valence-electron chi connectivity index (χ0n) is 18.5. The molecule has 1 aliphatic carbocycles. The van der Waals surface area contributed by atoms with Crippen LogP contribution in [-0.2, 0) is 12.1 Å². The number of pyridine rings is 1. The van der Waals surface area contributed by atoms with Gasteiger partial charge in [-0.2, -0.15) is 0 Å². The molecule has 0 amide bonds. The molecule has 0 unspecified atom stereocenters. The Labute approximate surface area is 195 Å². The average molecular weight is 455 g/mol. The van der Waals surface area contributed by atoms with E-state index in [1.54, 1.807) is 18.3 Å². The number of terminal acetylenes is 1. The summed E-state index contributed by atoms with van der Waals surface area (Å²) in [6.45, 7) is 2.15. The summed E-state index contributed by atoms with van der Waals surface area (Å²) in [5.74, 6) is 1.81. The average Bonchev–Trinajstić information content (AvgIpc) is 3.27. The highest BCUT2D eigenvalue weighted by Gasteiger charge is 2.37. The molecule has 4 aromatic rings. The van der Waals surface area contributed by atoms with E-state index in [1.807, 2.05) is 31.2 Å². The van der Waals surface area contributed by atoms with Gasteiger partial charge in [-0.05, 0) is 49.9 Å². The Morgan fingerprint density at radius 2 is 1.97 bits per heavy atom. The molecule has 1 aromatic carbocycles. The predicted octanol–water partition coefficient (Wildman–Crippen LogP) is 3.23. The van der Waals surface area contributed by atoms with Crippen molar-refractivity contribution in [3.63, 3.8) is 0 Å². The Balaban J connectivity index is 1.47. The summed E-state index contributed by atoms with van der Waals surface area (Å²) in [5, 5.41) is 18.8. The summed E-state index contributed by atoms with van der Waals surface area (Å²) >= 11 is 0. The van der Waals surface area contributed by atoms with E-state index in [4.69, 9.17) is 12.2 Å². The minimum absolute atomic E-state index is 0.0512. The van der Waals surface area contributed by atoms with E-state index in [0.29, 0.717) is 41.9 Å². The lowest BCUT2D eigenvalue weighted by Gasteiger charge is -2.36. The van der Waals surface area contributed by atoms with Crippen LogP contribution in [0.2, 0.25) is 0 Å². The van der Waals surface area contributed by atoms with Gasteiger partial charge >= 0.3 is 0 Å². The molecule has 5 rings (SSSR count). The lowest BCUT2D eigenvalue weighted by molar-refractivity contribution is -0.0427. The molecule has 0 spiro atoms. The van der Waals surface area contributed by atoms with Gasteiger partial charge in [0.1, 0.15) is 17.0 Å². The number of nitrogen functional groups attached to an aromatic ring is 1. The number of halogens is 1. The number of aliphatic hydroxyl groups is 1. The molecule has 9 heteroatoms. The van der Waals surface area contributed by atoms with E-state index in [0.717, 1.165) is 12.0 Å². The molecule has 3 heterocycles. The number of benzene rings is 1. The van der Waals surface area contributed by atoms with Gasteiger partial charge in [0.15, 0.2) is 17.5 Å². The van der Waals surface area contributed by atoms with Crippen molar-refractivity contribution in [3.8, 4) is 35.1 Å². The fourth-order valence-electron chi connectivity index (χ4n) is 4.03. The third-order valence-corrected chi connectivity index (χ3v) is 6.18. The topological polar surface area (TPSA) is 116 Å². The zero-order chi connectivity index (χ0) is 23.9. The molecule has 8 nitrogen and oxygen atoms in total. The molecular formula is C25H22FN7O. The third-order valence-electron chi connectivity index (χ3n) is 6.18. The van der Waals surface area contributed by atoms with Crippen LogP contribution in [-0.4, -0.2) is 35.1 Å². The Kier molecular flexibility index (Phi) is 5.30. The molecule has 1 saturated carbocycles. The quantitative estimate of drug-likeness (QED) is 0.444. The number of aromatic nitrogens is 6. The van der Waals surface area contributed by atoms with Crippen molar-refractivity contribution in [2.45, 2.75) is 38.3 Å². The van der Waals surface area contributed by atoms with Gasteiger partial charge in [-0.1, -0.05) is 29.3 Å². The Bertz CT molecular complexity index is 1440. The van der Waals surface area contributed by atoms with Gasteiger partial charge < -0.3 is 10.8 Å². The van der Waals surface area contributed by atoms with Crippen LogP contribution in [0.1, 0.15) is 41.8 Å². The van der Waals surface area contributed by atoms with Gasteiger partial charge in [0.2, 0.25) is 0 Å². The molecule has 1 fully saturated rings. The van der Waals surface area contributed by atoms with E-state index >= 15 is 0 Å². The maximum atomic E-state index is 14.9. The molecule has 3 N–H and O–H groups in total. The van der Waals surface area contributed by atoms with Crippen LogP contribution in [0.3, 0.4) is 0 Å². The lowest BCUT2D eigenvalue weighted by Crippen LogP contribution is -2.34. The number of hydrogen-bond acceptors (Lipinski definition) is 7. The Hall–Kier alpha value is -4.16. The molecule has 0 atom stereocenters. The molecule has 0 aliphatic heterocycles. The highest BCUT2D eigenvalue weighted by Crippen LogP contribution is 2.40. The first-order chi connectivity index (χ1) is 16.4. The van der Waals surface area contributed by atoms with E-state index < -0.39 is 11.4 Å². The fourth-order valence-corrected chi connectivity index (χ4v) is 4.03. The van der Waals surface area contributed by atoms with Crippen molar-refractivity contribution in [2.24, 2.45) is 0 Å². The second-order valence-corrected chi connectivity index (χ2v) is 8.42. The van der Waals surface area contributed by atoms with E-state index in [2.05, 4.69) is 31.2 Å². The smallest absolute Gasteiger partial charge is 0.193 e. The molecule has 34 heavy (non-hydrogen) atoms. The van der Waals surface area contributed by atoms with Crippen LogP contribution < -0.4 is 5.73 Å². The number of nitrogens with two attached hydrogens (primary N) is 1. The monoisotopic (exact) mass is 455 g/mol. The lowest BCUT2D eigenvalue weighted by atomic mass is 9.77. The SMILES string of the molecule is C#Cc1cccc(-c2nc(N)c(F)c(-c3cn(Cc4cccc(C5(O)CCC5)n4)nn3)n2)c1C. The Morgan fingerprint density at radius 3 is 2.71 bits per heavy atom. The third kappa shape index (κ3) is 3.78. The predicted molar refractivity (Wildman–Crippen MR) is 125 cm³/mol. The second kappa shape index (κ2) is 8.32. The first-order valence-electron chi connectivity index (χ1n) is 10.9. The Morgan fingerprint density at radius 1 is 1.18 bits per heavy atom. The van der Waals surface area contributed by atoms with E-state index in [1.165, 1.54) is 4.68 Å². The highest BCUT2D eigenvalue weighted by molar-refractivity contribution is 5.69. The van der Waals surface area contributed by atoms with Crippen molar-refractivity contribution in [1.82, 2.24) is 29.9 Å². The minimum atomic E-state index is -0.851. The van der Waals surface area contributed by atoms with E-state index in [9.17, 15) is 9.50 Å². The van der Waals surface area contributed by atoms with Crippen LogP contribution in [0, 0.1) is 25.1 Å². The van der Waals surface area contributed by atoms with Crippen molar-refractivity contribution in [3.05, 3.63) is 70.9 Å². The van der Waals surface area contributed by atoms with Crippen molar-refractivity contribution >= 4 is 5.82 Å². The van der Waals surface area contributed by atoms with Crippen LogP contribution in [0.4, 0.5) is 10.2 Å². The molecule has 0 saturated heterocycles. The summed E-state index contributed by atoms with van der Waals surface area (Å²) in [5.41, 5.74) is 8.69. The van der Waals surface area contributed by atoms with Crippen molar-refractivity contribution in [1.29, 1.82) is 0 Å². The van der Waals surface area contributed by atoms with Crippen LogP contribution in [0.25, 0.3) is 22.8 Å².